The minimum Gasteiger partial charge on any atom is -0.378 e. The average molecular weight is 249 g/mol. The summed E-state index contributed by atoms with van der Waals surface area (Å²) in [6.45, 7) is 1.84. The molecule has 2 heterocycles. The second-order valence-electron chi connectivity index (χ2n) is 4.42. The zero-order valence-electron chi connectivity index (χ0n) is 10.4. The number of hydrogen-bond acceptors (Lipinski definition) is 4. The molecule has 1 unspecified atom stereocenters. The van der Waals surface area contributed by atoms with Crippen LogP contribution in [0.25, 0.3) is 0 Å². The van der Waals surface area contributed by atoms with Gasteiger partial charge < -0.3 is 15.8 Å². The molecular formula is C13H19N3O2. The van der Waals surface area contributed by atoms with Crippen LogP contribution in [-0.2, 0) is 11.3 Å². The van der Waals surface area contributed by atoms with E-state index in [0.29, 0.717) is 24.8 Å². The van der Waals surface area contributed by atoms with Gasteiger partial charge in [0.25, 0.3) is 5.91 Å². The van der Waals surface area contributed by atoms with Crippen LogP contribution in [0.15, 0.2) is 18.3 Å². The molecule has 1 aromatic rings. The van der Waals surface area contributed by atoms with Crippen molar-refractivity contribution in [3.05, 3.63) is 29.6 Å². The van der Waals surface area contributed by atoms with Gasteiger partial charge in [-0.2, -0.15) is 0 Å². The number of pyridine rings is 1. The maximum Gasteiger partial charge on any atom is 0.251 e. The first-order valence-corrected chi connectivity index (χ1v) is 6.34. The highest BCUT2D eigenvalue weighted by atomic mass is 16.5. The Balaban J connectivity index is 1.79. The Bertz CT molecular complexity index is 403. The van der Waals surface area contributed by atoms with E-state index in [-0.39, 0.29) is 5.91 Å². The molecule has 3 N–H and O–H groups in total. The van der Waals surface area contributed by atoms with E-state index < -0.39 is 0 Å². The van der Waals surface area contributed by atoms with Crippen LogP contribution >= 0.6 is 0 Å². The number of hydrogen-bond donors (Lipinski definition) is 2. The van der Waals surface area contributed by atoms with Crippen LogP contribution in [0.1, 0.15) is 35.3 Å². The lowest BCUT2D eigenvalue weighted by Gasteiger charge is -2.10. The molecule has 1 atom stereocenters. The zero-order valence-corrected chi connectivity index (χ0v) is 10.4. The van der Waals surface area contributed by atoms with E-state index in [4.69, 9.17) is 10.5 Å². The van der Waals surface area contributed by atoms with Crippen molar-refractivity contribution < 1.29 is 9.53 Å². The fourth-order valence-electron chi connectivity index (χ4n) is 2.05. The lowest BCUT2D eigenvalue weighted by Crippen LogP contribution is -2.27. The summed E-state index contributed by atoms with van der Waals surface area (Å²) in [4.78, 5) is 15.9. The molecule has 0 spiro atoms. The van der Waals surface area contributed by atoms with Gasteiger partial charge >= 0.3 is 0 Å². The first-order valence-electron chi connectivity index (χ1n) is 6.34. The van der Waals surface area contributed by atoms with Crippen LogP contribution in [0.4, 0.5) is 0 Å². The minimum atomic E-state index is -0.0786. The largest absolute Gasteiger partial charge is 0.378 e. The van der Waals surface area contributed by atoms with Gasteiger partial charge in [0.05, 0.1) is 11.8 Å². The molecule has 1 aromatic heterocycles. The van der Waals surface area contributed by atoms with E-state index in [1.165, 1.54) is 0 Å². The fourth-order valence-corrected chi connectivity index (χ4v) is 2.05. The highest BCUT2D eigenvalue weighted by Crippen LogP contribution is 2.14. The second kappa shape index (κ2) is 6.47. The van der Waals surface area contributed by atoms with Gasteiger partial charge in [-0.1, -0.05) is 0 Å². The van der Waals surface area contributed by atoms with Crippen molar-refractivity contribution in [2.24, 2.45) is 5.73 Å². The second-order valence-corrected chi connectivity index (χ2v) is 4.42. The topological polar surface area (TPSA) is 77.2 Å². The van der Waals surface area contributed by atoms with Gasteiger partial charge in [-0.3, -0.25) is 9.78 Å². The summed E-state index contributed by atoms with van der Waals surface area (Å²) in [5.74, 6) is -0.0786. The van der Waals surface area contributed by atoms with Gasteiger partial charge in [0, 0.05) is 31.5 Å². The van der Waals surface area contributed by atoms with Gasteiger partial charge in [-0.05, 0) is 31.4 Å². The molecule has 5 nitrogen and oxygen atoms in total. The van der Waals surface area contributed by atoms with Crippen LogP contribution in [-0.4, -0.2) is 30.1 Å². The molecular weight excluding hydrogens is 230 g/mol. The molecule has 18 heavy (non-hydrogen) atoms. The third-order valence-electron chi connectivity index (χ3n) is 3.06. The van der Waals surface area contributed by atoms with Crippen molar-refractivity contribution >= 4 is 5.91 Å². The van der Waals surface area contributed by atoms with Gasteiger partial charge in [0.1, 0.15) is 0 Å². The standard InChI is InChI=1S/C13H19N3O2/c14-9-11-8-10(3-5-15-11)13(17)16-6-4-12-2-1-7-18-12/h3,5,8,12H,1-2,4,6-7,9,14H2,(H,16,17). The first-order chi connectivity index (χ1) is 8.79. The summed E-state index contributed by atoms with van der Waals surface area (Å²) in [5, 5.41) is 2.89. The van der Waals surface area contributed by atoms with E-state index in [1.54, 1.807) is 18.3 Å². The highest BCUT2D eigenvalue weighted by Gasteiger charge is 2.15. The quantitative estimate of drug-likeness (QED) is 0.810. The maximum absolute atomic E-state index is 11.9. The van der Waals surface area contributed by atoms with E-state index in [0.717, 1.165) is 31.6 Å². The molecule has 1 fully saturated rings. The van der Waals surface area contributed by atoms with Gasteiger partial charge in [-0.15, -0.1) is 0 Å². The lowest BCUT2D eigenvalue weighted by molar-refractivity contribution is 0.0907. The van der Waals surface area contributed by atoms with E-state index >= 15 is 0 Å². The van der Waals surface area contributed by atoms with Crippen molar-refractivity contribution in [3.8, 4) is 0 Å². The summed E-state index contributed by atoms with van der Waals surface area (Å²) in [6, 6.07) is 3.42. The smallest absolute Gasteiger partial charge is 0.251 e. The Morgan fingerprint density at radius 3 is 3.22 bits per heavy atom. The summed E-state index contributed by atoms with van der Waals surface area (Å²) in [7, 11) is 0. The molecule has 1 saturated heterocycles. The van der Waals surface area contributed by atoms with Gasteiger partial charge in [-0.25, -0.2) is 0 Å². The Labute approximate surface area is 107 Å². The molecule has 1 aliphatic rings. The molecule has 0 aliphatic carbocycles. The van der Waals surface area contributed by atoms with E-state index in [9.17, 15) is 4.79 Å². The first kappa shape index (κ1) is 13.0. The van der Waals surface area contributed by atoms with E-state index in [1.807, 2.05) is 0 Å². The Morgan fingerprint density at radius 1 is 1.61 bits per heavy atom. The number of nitrogens with two attached hydrogens (primary N) is 1. The average Bonchev–Trinajstić information content (AvgIpc) is 2.92. The number of carbonyl (C=O) groups is 1. The van der Waals surface area contributed by atoms with Crippen molar-refractivity contribution in [2.45, 2.75) is 31.9 Å². The minimum absolute atomic E-state index is 0.0786. The van der Waals surface area contributed by atoms with Crippen molar-refractivity contribution in [2.75, 3.05) is 13.2 Å². The predicted molar refractivity (Wildman–Crippen MR) is 68.1 cm³/mol. The molecule has 0 bridgehead atoms. The molecule has 1 aliphatic heterocycles. The molecule has 98 valence electrons. The fraction of sp³-hybridized carbons (Fsp3) is 0.538. The highest BCUT2D eigenvalue weighted by molar-refractivity contribution is 5.94. The lowest BCUT2D eigenvalue weighted by atomic mass is 10.1. The normalized spacial score (nSPS) is 18.8. The van der Waals surface area contributed by atoms with Crippen LogP contribution in [0, 0.1) is 0 Å². The number of ether oxygens (including phenoxy) is 1. The summed E-state index contributed by atoms with van der Waals surface area (Å²) in [5.41, 5.74) is 6.82. The molecule has 0 saturated carbocycles. The van der Waals surface area contributed by atoms with Crippen LogP contribution in [0.2, 0.25) is 0 Å². The Hall–Kier alpha value is -1.46. The predicted octanol–water partition coefficient (Wildman–Crippen LogP) is 0.839. The number of aromatic nitrogens is 1. The van der Waals surface area contributed by atoms with Crippen molar-refractivity contribution in [1.82, 2.24) is 10.3 Å². The number of rotatable bonds is 5. The maximum atomic E-state index is 11.9. The Morgan fingerprint density at radius 2 is 2.50 bits per heavy atom. The molecule has 1 amide bonds. The SMILES string of the molecule is NCc1cc(C(=O)NCCC2CCCO2)ccn1. The summed E-state index contributed by atoms with van der Waals surface area (Å²) >= 11 is 0. The third-order valence-corrected chi connectivity index (χ3v) is 3.06. The summed E-state index contributed by atoms with van der Waals surface area (Å²) in [6.07, 6.45) is 5.02. The molecule has 0 aromatic carbocycles. The summed E-state index contributed by atoms with van der Waals surface area (Å²) < 4.78 is 5.50. The van der Waals surface area contributed by atoms with Crippen LogP contribution < -0.4 is 11.1 Å². The van der Waals surface area contributed by atoms with E-state index in [2.05, 4.69) is 10.3 Å². The van der Waals surface area contributed by atoms with Crippen LogP contribution in [0.3, 0.4) is 0 Å². The third kappa shape index (κ3) is 3.51. The number of nitrogens with zero attached hydrogens (tertiary/aromatic N) is 1. The van der Waals surface area contributed by atoms with Crippen molar-refractivity contribution in [3.63, 3.8) is 0 Å². The van der Waals surface area contributed by atoms with Crippen LogP contribution in [0.5, 0.6) is 0 Å². The zero-order chi connectivity index (χ0) is 12.8. The Kier molecular flexibility index (Phi) is 4.66. The molecule has 0 radical (unpaired) electrons. The molecule has 2 rings (SSSR count). The molecule has 5 heteroatoms. The van der Waals surface area contributed by atoms with Gasteiger partial charge in [0.2, 0.25) is 0 Å². The van der Waals surface area contributed by atoms with Crippen molar-refractivity contribution in [1.29, 1.82) is 0 Å². The van der Waals surface area contributed by atoms with Gasteiger partial charge in [0.15, 0.2) is 0 Å². The number of carbonyl (C=O) groups excluding carboxylic acids is 1. The number of amides is 1. The number of nitrogens with one attached hydrogen (secondary N) is 1. The monoisotopic (exact) mass is 249 g/mol.